The second-order valence-electron chi connectivity index (χ2n) is 5.07. The molecule has 0 rings (SSSR count). The molecule has 0 bridgehead atoms. The average molecular weight is 232 g/mol. The standard InChI is InChI=1S/C11H20OS2/c1-10(2,3)13-8-7-9(12)14-11(4,5)6/h7-8H,1-6H3/b8-7+. The average Bonchev–Trinajstić information content (AvgIpc) is 1.78. The Bertz CT molecular complexity index is 218. The molecule has 0 aromatic carbocycles. The van der Waals surface area contributed by atoms with E-state index in [9.17, 15) is 4.79 Å². The van der Waals surface area contributed by atoms with E-state index in [1.54, 1.807) is 17.8 Å². The lowest BCUT2D eigenvalue weighted by molar-refractivity contribution is -0.107. The minimum atomic E-state index is 0.00776. The van der Waals surface area contributed by atoms with Gasteiger partial charge in [-0.1, -0.05) is 53.3 Å². The molecule has 0 aliphatic carbocycles. The van der Waals surface area contributed by atoms with Gasteiger partial charge < -0.3 is 0 Å². The van der Waals surface area contributed by atoms with Gasteiger partial charge in [0.05, 0.1) is 0 Å². The molecule has 0 N–H and O–H groups in total. The van der Waals surface area contributed by atoms with E-state index >= 15 is 0 Å². The summed E-state index contributed by atoms with van der Waals surface area (Å²) < 4.78 is 0.191. The Balaban J connectivity index is 3.96. The van der Waals surface area contributed by atoms with Crippen molar-refractivity contribution in [3.63, 3.8) is 0 Å². The molecule has 0 heterocycles. The Morgan fingerprint density at radius 1 is 1.00 bits per heavy atom. The Morgan fingerprint density at radius 2 is 1.50 bits per heavy atom. The Morgan fingerprint density at radius 3 is 1.86 bits per heavy atom. The lowest BCUT2D eigenvalue weighted by Gasteiger charge is -2.15. The minimum absolute atomic E-state index is 0.00776. The number of carbonyl (C=O) groups excluding carboxylic acids is 1. The van der Waals surface area contributed by atoms with Gasteiger partial charge in [0.25, 0.3) is 0 Å². The zero-order valence-electron chi connectivity index (χ0n) is 9.88. The number of hydrogen-bond acceptors (Lipinski definition) is 3. The molecule has 0 unspecified atom stereocenters. The number of rotatable bonds is 2. The monoisotopic (exact) mass is 232 g/mol. The van der Waals surface area contributed by atoms with E-state index in [-0.39, 0.29) is 14.6 Å². The van der Waals surface area contributed by atoms with Gasteiger partial charge in [0, 0.05) is 9.49 Å². The van der Waals surface area contributed by atoms with Crippen LogP contribution in [0.15, 0.2) is 11.5 Å². The zero-order valence-corrected chi connectivity index (χ0v) is 11.5. The molecule has 0 fully saturated rings. The SMILES string of the molecule is CC(C)(C)S/C=C/C(=O)SC(C)(C)C. The first-order valence-corrected chi connectivity index (χ1v) is 6.37. The maximum atomic E-state index is 11.4. The van der Waals surface area contributed by atoms with Gasteiger partial charge in [0.15, 0.2) is 0 Å². The molecule has 0 atom stereocenters. The van der Waals surface area contributed by atoms with Crippen molar-refractivity contribution in [2.45, 2.75) is 51.0 Å². The molecule has 0 radical (unpaired) electrons. The molecule has 0 aromatic rings. The summed E-state index contributed by atoms with van der Waals surface area (Å²) in [6.45, 7) is 12.5. The van der Waals surface area contributed by atoms with Crippen molar-refractivity contribution in [1.82, 2.24) is 0 Å². The molecule has 0 amide bonds. The summed E-state index contributed by atoms with van der Waals surface area (Å²) >= 11 is 3.04. The highest BCUT2D eigenvalue weighted by atomic mass is 32.2. The van der Waals surface area contributed by atoms with Gasteiger partial charge in [0.1, 0.15) is 0 Å². The van der Waals surface area contributed by atoms with Gasteiger partial charge in [-0.05, 0) is 11.5 Å². The van der Waals surface area contributed by atoms with Crippen molar-refractivity contribution >= 4 is 28.6 Å². The quantitative estimate of drug-likeness (QED) is 0.668. The first-order valence-electron chi connectivity index (χ1n) is 4.67. The van der Waals surface area contributed by atoms with Crippen molar-refractivity contribution in [1.29, 1.82) is 0 Å². The lowest BCUT2D eigenvalue weighted by atomic mass is 10.3. The minimum Gasteiger partial charge on any atom is -0.282 e. The van der Waals surface area contributed by atoms with Crippen molar-refractivity contribution in [2.24, 2.45) is 0 Å². The fourth-order valence-corrected chi connectivity index (χ4v) is 2.06. The Labute approximate surface area is 96.1 Å². The smallest absolute Gasteiger partial charge is 0.213 e. The van der Waals surface area contributed by atoms with Crippen LogP contribution in [0.2, 0.25) is 0 Å². The molecule has 0 aliphatic heterocycles. The third kappa shape index (κ3) is 10.2. The van der Waals surface area contributed by atoms with Crippen molar-refractivity contribution in [3.05, 3.63) is 11.5 Å². The Kier molecular flexibility index (Phi) is 5.31. The second kappa shape index (κ2) is 5.26. The summed E-state index contributed by atoms with van der Waals surface area (Å²) in [5.41, 5.74) is 0. The summed E-state index contributed by atoms with van der Waals surface area (Å²) in [4.78, 5) is 11.4. The number of hydrogen-bond donors (Lipinski definition) is 0. The second-order valence-corrected chi connectivity index (χ2v) is 8.63. The zero-order chi connectivity index (χ0) is 11.4. The highest BCUT2D eigenvalue weighted by molar-refractivity contribution is 8.15. The molecule has 0 spiro atoms. The maximum Gasteiger partial charge on any atom is 0.213 e. The first kappa shape index (κ1) is 14.1. The molecule has 3 heteroatoms. The van der Waals surface area contributed by atoms with Gasteiger partial charge in [-0.2, -0.15) is 0 Å². The van der Waals surface area contributed by atoms with Crippen LogP contribution in [-0.2, 0) is 4.79 Å². The summed E-state index contributed by atoms with van der Waals surface area (Å²) in [5.74, 6) is 0. The largest absolute Gasteiger partial charge is 0.282 e. The highest BCUT2D eigenvalue weighted by Crippen LogP contribution is 2.27. The molecule has 0 aliphatic rings. The fraction of sp³-hybridized carbons (Fsp3) is 0.727. The summed E-state index contributed by atoms with van der Waals surface area (Å²) in [6, 6.07) is 0. The molecule has 0 saturated carbocycles. The molecule has 14 heavy (non-hydrogen) atoms. The third-order valence-electron chi connectivity index (χ3n) is 1.03. The predicted octanol–water partition coefficient (Wildman–Crippen LogP) is 4.09. The van der Waals surface area contributed by atoms with Crippen LogP contribution in [0.1, 0.15) is 41.5 Å². The van der Waals surface area contributed by atoms with Gasteiger partial charge in [-0.15, -0.1) is 11.8 Å². The summed E-state index contributed by atoms with van der Waals surface area (Å²) in [6.07, 6.45) is 1.66. The van der Waals surface area contributed by atoms with E-state index in [2.05, 4.69) is 20.8 Å². The topological polar surface area (TPSA) is 17.1 Å². The van der Waals surface area contributed by atoms with Crippen molar-refractivity contribution in [2.75, 3.05) is 0 Å². The maximum absolute atomic E-state index is 11.4. The molecular formula is C11H20OS2. The normalized spacial score (nSPS) is 13.6. The van der Waals surface area contributed by atoms with Crippen LogP contribution in [0.4, 0.5) is 0 Å². The van der Waals surface area contributed by atoms with Crippen LogP contribution < -0.4 is 0 Å². The van der Waals surface area contributed by atoms with Crippen LogP contribution >= 0.6 is 23.5 Å². The van der Waals surface area contributed by atoms with Crippen LogP contribution in [0, 0.1) is 0 Å². The number of carbonyl (C=O) groups is 1. The molecule has 1 nitrogen and oxygen atoms in total. The van der Waals surface area contributed by atoms with E-state index in [1.807, 2.05) is 26.2 Å². The van der Waals surface area contributed by atoms with Gasteiger partial charge >= 0.3 is 0 Å². The Hall–Kier alpha value is 0.110. The van der Waals surface area contributed by atoms with Crippen LogP contribution in [0.3, 0.4) is 0 Å². The van der Waals surface area contributed by atoms with E-state index < -0.39 is 0 Å². The molecule has 0 aromatic heterocycles. The van der Waals surface area contributed by atoms with Gasteiger partial charge in [-0.25, -0.2) is 0 Å². The third-order valence-corrected chi connectivity index (χ3v) is 2.96. The van der Waals surface area contributed by atoms with Crippen LogP contribution in [0.5, 0.6) is 0 Å². The summed E-state index contributed by atoms with van der Waals surface area (Å²) in [5, 5.41) is 2.02. The molecule has 82 valence electrons. The van der Waals surface area contributed by atoms with E-state index in [1.165, 1.54) is 11.8 Å². The summed E-state index contributed by atoms with van der Waals surface area (Å²) in [7, 11) is 0. The van der Waals surface area contributed by atoms with E-state index in [0.717, 1.165) is 0 Å². The molecule has 0 saturated heterocycles. The van der Waals surface area contributed by atoms with Crippen LogP contribution in [-0.4, -0.2) is 14.6 Å². The van der Waals surface area contributed by atoms with E-state index in [4.69, 9.17) is 0 Å². The number of thioether (sulfide) groups is 2. The van der Waals surface area contributed by atoms with Crippen molar-refractivity contribution < 1.29 is 4.79 Å². The fourth-order valence-electron chi connectivity index (χ4n) is 0.629. The van der Waals surface area contributed by atoms with Crippen molar-refractivity contribution in [3.8, 4) is 0 Å². The first-order chi connectivity index (χ1) is 6.10. The van der Waals surface area contributed by atoms with Gasteiger partial charge in [-0.3, -0.25) is 4.79 Å². The highest BCUT2D eigenvalue weighted by Gasteiger charge is 2.15. The van der Waals surface area contributed by atoms with E-state index in [0.29, 0.717) is 0 Å². The lowest BCUT2D eigenvalue weighted by Crippen LogP contribution is -2.10. The predicted molar refractivity (Wildman–Crippen MR) is 68.8 cm³/mol. The van der Waals surface area contributed by atoms with Gasteiger partial charge in [0.2, 0.25) is 5.12 Å². The van der Waals surface area contributed by atoms with Crippen LogP contribution in [0.25, 0.3) is 0 Å². The molecular weight excluding hydrogens is 212 g/mol.